The lowest BCUT2D eigenvalue weighted by Gasteiger charge is -2.06. The van der Waals surface area contributed by atoms with Crippen molar-refractivity contribution in [3.8, 4) is 0 Å². The second kappa shape index (κ2) is 6.19. The minimum Gasteiger partial charge on any atom is -0.353 e. The lowest BCUT2D eigenvalue weighted by molar-refractivity contribution is -0.121. The lowest BCUT2D eigenvalue weighted by Crippen LogP contribution is -2.35. The Balaban J connectivity index is 2.03. The van der Waals surface area contributed by atoms with Crippen molar-refractivity contribution in [1.82, 2.24) is 20.2 Å². The van der Waals surface area contributed by atoms with Crippen LogP contribution in [0.25, 0.3) is 11.0 Å². The van der Waals surface area contributed by atoms with Gasteiger partial charge in [-0.15, -0.1) is 0 Å². The van der Waals surface area contributed by atoms with Crippen molar-refractivity contribution in [3.63, 3.8) is 0 Å². The fourth-order valence-corrected chi connectivity index (χ4v) is 1.93. The van der Waals surface area contributed by atoms with Crippen molar-refractivity contribution in [2.75, 3.05) is 19.6 Å². The molecule has 2 aromatic rings. The van der Waals surface area contributed by atoms with Crippen LogP contribution >= 0.6 is 0 Å². The molecule has 1 heterocycles. The van der Waals surface area contributed by atoms with Gasteiger partial charge in [0.2, 0.25) is 5.91 Å². The standard InChI is InChI=1S/C13H18N4O2/c1-2-14-7-8-15-12(18)9-17-11-6-4-3-5-10(11)16-13(17)19/h3-6,14H,2,7-9H2,1H3,(H,15,18)(H,16,19). The maximum atomic E-state index is 11.8. The molecular formula is C13H18N4O2. The average Bonchev–Trinajstić information content (AvgIpc) is 2.72. The van der Waals surface area contributed by atoms with Gasteiger partial charge in [0, 0.05) is 13.1 Å². The molecule has 1 amide bonds. The number of likely N-dealkylation sites (N-methyl/N-ethyl adjacent to an activating group) is 1. The van der Waals surface area contributed by atoms with Crippen LogP contribution < -0.4 is 16.3 Å². The van der Waals surface area contributed by atoms with Crippen LogP contribution in [0.3, 0.4) is 0 Å². The second-order valence-corrected chi connectivity index (χ2v) is 4.24. The van der Waals surface area contributed by atoms with E-state index < -0.39 is 0 Å². The lowest BCUT2D eigenvalue weighted by atomic mass is 10.3. The Hall–Kier alpha value is -2.08. The third-order valence-electron chi connectivity index (χ3n) is 2.86. The fraction of sp³-hybridized carbons (Fsp3) is 0.385. The number of nitrogens with zero attached hydrogens (tertiary/aromatic N) is 1. The van der Waals surface area contributed by atoms with E-state index in [0.29, 0.717) is 6.54 Å². The number of hydrogen-bond donors (Lipinski definition) is 3. The second-order valence-electron chi connectivity index (χ2n) is 4.24. The molecule has 0 radical (unpaired) electrons. The molecule has 0 aliphatic carbocycles. The Kier molecular flexibility index (Phi) is 4.35. The van der Waals surface area contributed by atoms with E-state index in [9.17, 15) is 9.59 Å². The summed E-state index contributed by atoms with van der Waals surface area (Å²) < 4.78 is 1.44. The number of carbonyl (C=O) groups excluding carboxylic acids is 1. The number of H-pyrrole nitrogens is 1. The first-order valence-corrected chi connectivity index (χ1v) is 6.37. The summed E-state index contributed by atoms with van der Waals surface area (Å²) in [6, 6.07) is 7.32. The molecular weight excluding hydrogens is 244 g/mol. The summed E-state index contributed by atoms with van der Waals surface area (Å²) in [7, 11) is 0. The number of benzene rings is 1. The number of carbonyl (C=O) groups is 1. The average molecular weight is 262 g/mol. The molecule has 6 nitrogen and oxygen atoms in total. The van der Waals surface area contributed by atoms with Crippen LogP contribution in [0.2, 0.25) is 0 Å². The van der Waals surface area contributed by atoms with Crippen LogP contribution in [0.4, 0.5) is 0 Å². The van der Waals surface area contributed by atoms with Crippen LogP contribution in [0, 0.1) is 0 Å². The Morgan fingerprint density at radius 3 is 2.89 bits per heavy atom. The molecule has 0 fully saturated rings. The Morgan fingerprint density at radius 1 is 1.32 bits per heavy atom. The number of hydrogen-bond acceptors (Lipinski definition) is 3. The van der Waals surface area contributed by atoms with Gasteiger partial charge in [-0.1, -0.05) is 19.1 Å². The molecule has 1 aromatic heterocycles. The summed E-state index contributed by atoms with van der Waals surface area (Å²) in [5.74, 6) is -0.162. The smallest absolute Gasteiger partial charge is 0.326 e. The molecule has 0 bridgehead atoms. The molecule has 0 aliphatic heterocycles. The maximum Gasteiger partial charge on any atom is 0.326 e. The van der Waals surface area contributed by atoms with E-state index in [1.807, 2.05) is 31.2 Å². The highest BCUT2D eigenvalue weighted by atomic mass is 16.2. The Labute approximate surface area is 110 Å². The van der Waals surface area contributed by atoms with E-state index in [4.69, 9.17) is 0 Å². The summed E-state index contributed by atoms with van der Waals surface area (Å²) in [4.78, 5) is 26.2. The minimum absolute atomic E-state index is 0.0367. The molecule has 3 N–H and O–H groups in total. The molecule has 1 aromatic carbocycles. The summed E-state index contributed by atoms with van der Waals surface area (Å²) in [5, 5.41) is 5.89. The number of rotatable bonds is 6. The van der Waals surface area contributed by atoms with Gasteiger partial charge in [-0.2, -0.15) is 0 Å². The van der Waals surface area contributed by atoms with E-state index in [1.165, 1.54) is 4.57 Å². The molecule has 0 saturated heterocycles. The third-order valence-corrected chi connectivity index (χ3v) is 2.86. The highest BCUT2D eigenvalue weighted by Crippen LogP contribution is 2.08. The van der Waals surface area contributed by atoms with E-state index in [-0.39, 0.29) is 18.1 Å². The van der Waals surface area contributed by atoms with Gasteiger partial charge in [-0.05, 0) is 18.7 Å². The number of imidazole rings is 1. The van der Waals surface area contributed by atoms with E-state index in [2.05, 4.69) is 15.6 Å². The number of aromatic amines is 1. The summed E-state index contributed by atoms with van der Waals surface area (Å²) in [6.07, 6.45) is 0. The fourth-order valence-electron chi connectivity index (χ4n) is 1.93. The molecule has 0 spiro atoms. The zero-order chi connectivity index (χ0) is 13.7. The van der Waals surface area contributed by atoms with Gasteiger partial charge >= 0.3 is 5.69 Å². The van der Waals surface area contributed by atoms with E-state index >= 15 is 0 Å². The van der Waals surface area contributed by atoms with Gasteiger partial charge in [0.1, 0.15) is 6.54 Å². The number of aromatic nitrogens is 2. The van der Waals surface area contributed by atoms with Crippen LogP contribution in [0.5, 0.6) is 0 Å². The number of fused-ring (bicyclic) bond motifs is 1. The molecule has 2 rings (SSSR count). The zero-order valence-electron chi connectivity index (χ0n) is 10.9. The van der Waals surface area contributed by atoms with Gasteiger partial charge in [-0.3, -0.25) is 9.36 Å². The third kappa shape index (κ3) is 3.23. The van der Waals surface area contributed by atoms with Crippen LogP contribution in [0.1, 0.15) is 6.92 Å². The van der Waals surface area contributed by atoms with Crippen molar-refractivity contribution in [2.45, 2.75) is 13.5 Å². The first kappa shape index (κ1) is 13.4. The Bertz CT molecular complexity index is 614. The summed E-state index contributed by atoms with van der Waals surface area (Å²) >= 11 is 0. The van der Waals surface area contributed by atoms with Crippen molar-refractivity contribution < 1.29 is 4.79 Å². The van der Waals surface area contributed by atoms with Crippen LogP contribution in [0.15, 0.2) is 29.1 Å². The number of amides is 1. The van der Waals surface area contributed by atoms with Crippen LogP contribution in [-0.2, 0) is 11.3 Å². The van der Waals surface area contributed by atoms with Crippen molar-refractivity contribution in [1.29, 1.82) is 0 Å². The monoisotopic (exact) mass is 262 g/mol. The quantitative estimate of drug-likeness (QED) is 0.644. The topological polar surface area (TPSA) is 78.9 Å². The van der Waals surface area contributed by atoms with Crippen molar-refractivity contribution in [2.24, 2.45) is 0 Å². The van der Waals surface area contributed by atoms with Gasteiger partial charge < -0.3 is 15.6 Å². The van der Waals surface area contributed by atoms with Crippen LogP contribution in [-0.4, -0.2) is 35.1 Å². The molecule has 0 atom stereocenters. The number of para-hydroxylation sites is 2. The van der Waals surface area contributed by atoms with Gasteiger partial charge in [0.05, 0.1) is 11.0 Å². The summed E-state index contributed by atoms with van der Waals surface area (Å²) in [6.45, 7) is 4.20. The first-order valence-electron chi connectivity index (χ1n) is 6.37. The normalized spacial score (nSPS) is 10.8. The predicted molar refractivity (Wildman–Crippen MR) is 74.1 cm³/mol. The predicted octanol–water partition coefficient (Wildman–Crippen LogP) is 0.0553. The first-order chi connectivity index (χ1) is 9.22. The van der Waals surface area contributed by atoms with Gasteiger partial charge in [0.25, 0.3) is 0 Å². The Morgan fingerprint density at radius 2 is 2.11 bits per heavy atom. The largest absolute Gasteiger partial charge is 0.353 e. The molecule has 0 saturated carbocycles. The molecule has 19 heavy (non-hydrogen) atoms. The van der Waals surface area contributed by atoms with E-state index in [0.717, 1.165) is 24.1 Å². The molecule has 102 valence electrons. The zero-order valence-corrected chi connectivity index (χ0v) is 10.9. The molecule has 6 heteroatoms. The SMILES string of the molecule is CCNCCNC(=O)Cn1c(=O)[nH]c2ccccc21. The van der Waals surface area contributed by atoms with Gasteiger partial charge in [0.15, 0.2) is 0 Å². The van der Waals surface area contributed by atoms with Gasteiger partial charge in [-0.25, -0.2) is 4.79 Å². The van der Waals surface area contributed by atoms with Crippen molar-refractivity contribution >= 4 is 16.9 Å². The van der Waals surface area contributed by atoms with E-state index in [1.54, 1.807) is 0 Å². The minimum atomic E-state index is -0.261. The molecule has 0 aliphatic rings. The summed E-state index contributed by atoms with van der Waals surface area (Å²) in [5.41, 5.74) is 1.23. The van der Waals surface area contributed by atoms with Crippen molar-refractivity contribution in [3.05, 3.63) is 34.7 Å². The highest BCUT2D eigenvalue weighted by molar-refractivity contribution is 5.80. The number of nitrogens with one attached hydrogen (secondary N) is 3. The maximum absolute atomic E-state index is 11.8. The molecule has 0 unspecified atom stereocenters. The highest BCUT2D eigenvalue weighted by Gasteiger charge is 2.09.